The van der Waals surface area contributed by atoms with E-state index in [0.717, 1.165) is 36.5 Å². The van der Waals surface area contributed by atoms with E-state index in [1.165, 1.54) is 0 Å². The molecule has 1 saturated heterocycles. The fourth-order valence-electron chi connectivity index (χ4n) is 3.48. The van der Waals surface area contributed by atoms with Crippen LogP contribution >= 0.6 is 0 Å². The van der Waals surface area contributed by atoms with Crippen LogP contribution in [0.5, 0.6) is 5.88 Å². The molecule has 1 amide bonds. The molecule has 7 nitrogen and oxygen atoms in total. The Kier molecular flexibility index (Phi) is 4.11. The van der Waals surface area contributed by atoms with Gasteiger partial charge < -0.3 is 14.2 Å². The third-order valence-corrected chi connectivity index (χ3v) is 4.61. The fraction of sp³-hybridized carbons (Fsp3) is 0.562. The maximum absolute atomic E-state index is 13.0. The Labute approximate surface area is 135 Å². The second-order valence-corrected chi connectivity index (χ2v) is 6.01. The Morgan fingerprint density at radius 2 is 2.26 bits per heavy atom. The number of nitrogens with zero attached hydrogens (tertiary/aromatic N) is 5. The highest BCUT2D eigenvalue weighted by atomic mass is 16.5. The van der Waals surface area contributed by atoms with Crippen LogP contribution in [0.3, 0.4) is 0 Å². The molecule has 3 heterocycles. The number of methoxy groups -OCH3 is 1. The lowest BCUT2D eigenvalue weighted by atomic mass is 10.0. The minimum absolute atomic E-state index is 0.0251. The Morgan fingerprint density at radius 3 is 2.91 bits per heavy atom. The zero-order valence-electron chi connectivity index (χ0n) is 14.1. The van der Waals surface area contributed by atoms with Crippen molar-refractivity contribution in [1.82, 2.24) is 24.2 Å². The molecular formula is C16H23N5O2. The van der Waals surface area contributed by atoms with Crippen molar-refractivity contribution < 1.29 is 9.53 Å². The molecule has 2 aromatic heterocycles. The molecule has 0 bridgehead atoms. The quantitative estimate of drug-likeness (QED) is 0.863. The van der Waals surface area contributed by atoms with Crippen LogP contribution < -0.4 is 4.74 Å². The lowest BCUT2D eigenvalue weighted by molar-refractivity contribution is -0.135. The van der Waals surface area contributed by atoms with E-state index in [0.29, 0.717) is 0 Å². The van der Waals surface area contributed by atoms with Crippen LogP contribution in [0.15, 0.2) is 18.7 Å². The summed E-state index contributed by atoms with van der Waals surface area (Å²) in [5, 5.41) is 4.45. The van der Waals surface area contributed by atoms with Gasteiger partial charge >= 0.3 is 0 Å². The fourth-order valence-corrected chi connectivity index (χ4v) is 3.48. The van der Waals surface area contributed by atoms with Crippen molar-refractivity contribution in [2.24, 2.45) is 7.05 Å². The Balaban J connectivity index is 1.90. The summed E-state index contributed by atoms with van der Waals surface area (Å²) in [6, 6.07) is -0.238. The average molecular weight is 317 g/mol. The van der Waals surface area contributed by atoms with Crippen molar-refractivity contribution >= 4 is 5.91 Å². The van der Waals surface area contributed by atoms with Crippen LogP contribution in [0.4, 0.5) is 0 Å². The number of aryl methyl sites for hydroxylation is 2. The van der Waals surface area contributed by atoms with Crippen molar-refractivity contribution in [1.29, 1.82) is 0 Å². The van der Waals surface area contributed by atoms with E-state index >= 15 is 0 Å². The number of imidazole rings is 1. The molecule has 0 N–H and O–H groups in total. The highest BCUT2D eigenvalue weighted by Crippen LogP contribution is 2.39. The summed E-state index contributed by atoms with van der Waals surface area (Å²) in [7, 11) is 3.51. The first kappa shape index (κ1) is 15.6. The predicted molar refractivity (Wildman–Crippen MR) is 85.1 cm³/mol. The highest BCUT2D eigenvalue weighted by molar-refractivity contribution is 5.81. The summed E-state index contributed by atoms with van der Waals surface area (Å²) >= 11 is 0. The van der Waals surface area contributed by atoms with Crippen LogP contribution in [0.1, 0.15) is 43.1 Å². The molecule has 3 rings (SSSR count). The molecule has 124 valence electrons. The number of aromatic nitrogens is 4. The van der Waals surface area contributed by atoms with Gasteiger partial charge in [0.1, 0.15) is 6.04 Å². The van der Waals surface area contributed by atoms with E-state index in [-0.39, 0.29) is 18.0 Å². The van der Waals surface area contributed by atoms with Crippen LogP contribution in [-0.2, 0) is 11.8 Å². The monoisotopic (exact) mass is 317 g/mol. The van der Waals surface area contributed by atoms with Gasteiger partial charge in [-0.1, -0.05) is 0 Å². The van der Waals surface area contributed by atoms with E-state index in [4.69, 9.17) is 4.74 Å². The van der Waals surface area contributed by atoms with Gasteiger partial charge in [-0.05, 0) is 26.7 Å². The van der Waals surface area contributed by atoms with Crippen molar-refractivity contribution in [3.05, 3.63) is 30.0 Å². The van der Waals surface area contributed by atoms with Gasteiger partial charge in [0.2, 0.25) is 11.8 Å². The van der Waals surface area contributed by atoms with Gasteiger partial charge in [0.15, 0.2) is 0 Å². The molecule has 1 fully saturated rings. The van der Waals surface area contributed by atoms with Crippen molar-refractivity contribution in [3.8, 4) is 5.88 Å². The largest absolute Gasteiger partial charge is 0.481 e. The first-order chi connectivity index (χ1) is 11.0. The Morgan fingerprint density at radius 1 is 1.48 bits per heavy atom. The van der Waals surface area contributed by atoms with Gasteiger partial charge in [-0.2, -0.15) is 5.10 Å². The molecule has 23 heavy (non-hydrogen) atoms. The number of carbonyl (C=O) groups excluding carboxylic acids is 1. The number of carbonyl (C=O) groups is 1. The summed E-state index contributed by atoms with van der Waals surface area (Å²) in [5.41, 5.74) is 1.95. The molecule has 1 aliphatic heterocycles. The normalized spacial score (nSPS) is 19.1. The first-order valence-electron chi connectivity index (χ1n) is 7.90. The van der Waals surface area contributed by atoms with Crippen LogP contribution in [0, 0.1) is 6.92 Å². The molecule has 0 unspecified atom stereocenters. The van der Waals surface area contributed by atoms with Crippen molar-refractivity contribution in [2.75, 3.05) is 13.7 Å². The number of likely N-dealkylation sites (tertiary alicyclic amines) is 1. The average Bonchev–Trinajstić information content (AvgIpc) is 3.24. The van der Waals surface area contributed by atoms with E-state index in [2.05, 4.69) is 10.1 Å². The SMILES string of the molecule is COc1c([C@H]2CCCN2C(=O)[C@H](C)n2ccnc2)c(C)nn1C. The van der Waals surface area contributed by atoms with Gasteiger partial charge in [-0.25, -0.2) is 9.67 Å². The maximum atomic E-state index is 13.0. The lowest BCUT2D eigenvalue weighted by Gasteiger charge is -2.28. The van der Waals surface area contributed by atoms with Gasteiger partial charge in [-0.3, -0.25) is 4.79 Å². The predicted octanol–water partition coefficient (Wildman–Crippen LogP) is 1.86. The molecule has 0 saturated carbocycles. The highest BCUT2D eigenvalue weighted by Gasteiger charge is 2.36. The van der Waals surface area contributed by atoms with Crippen molar-refractivity contribution in [3.63, 3.8) is 0 Å². The summed E-state index contributed by atoms with van der Waals surface area (Å²) in [6.45, 7) is 4.64. The standard InChI is InChI=1S/C16H23N5O2/c1-11-14(16(23-4)19(3)18-11)13-6-5-8-21(13)15(22)12(2)20-9-7-17-10-20/h7,9-10,12-13H,5-6,8H2,1-4H3/t12-,13+/m0/s1. The smallest absolute Gasteiger partial charge is 0.245 e. The molecule has 0 aromatic carbocycles. The number of hydrogen-bond donors (Lipinski definition) is 0. The van der Waals surface area contributed by atoms with Gasteiger partial charge in [0.05, 0.1) is 30.7 Å². The summed E-state index contributed by atoms with van der Waals surface area (Å²) in [4.78, 5) is 18.9. The molecular weight excluding hydrogens is 294 g/mol. The summed E-state index contributed by atoms with van der Waals surface area (Å²) in [5.74, 6) is 0.846. The topological polar surface area (TPSA) is 65.2 Å². The molecule has 0 aliphatic carbocycles. The second-order valence-electron chi connectivity index (χ2n) is 6.01. The summed E-state index contributed by atoms with van der Waals surface area (Å²) in [6.07, 6.45) is 7.13. The lowest BCUT2D eigenvalue weighted by Crippen LogP contribution is -2.35. The Bertz CT molecular complexity index is 692. The second kappa shape index (κ2) is 6.06. The number of hydrogen-bond acceptors (Lipinski definition) is 4. The minimum Gasteiger partial charge on any atom is -0.481 e. The van der Waals surface area contributed by atoms with Crippen LogP contribution in [0.25, 0.3) is 0 Å². The molecule has 2 atom stereocenters. The number of amides is 1. The van der Waals surface area contributed by atoms with Gasteiger partial charge in [0.25, 0.3) is 0 Å². The Hall–Kier alpha value is -2.31. The molecule has 7 heteroatoms. The molecule has 1 aliphatic rings. The molecule has 0 radical (unpaired) electrons. The van der Waals surface area contributed by atoms with Gasteiger partial charge in [0, 0.05) is 26.0 Å². The zero-order valence-corrected chi connectivity index (χ0v) is 14.1. The molecule has 0 spiro atoms. The third-order valence-electron chi connectivity index (χ3n) is 4.61. The van der Waals surface area contributed by atoms with Crippen molar-refractivity contribution in [2.45, 2.75) is 38.8 Å². The van der Waals surface area contributed by atoms with E-state index in [1.807, 2.05) is 36.6 Å². The first-order valence-corrected chi connectivity index (χ1v) is 7.90. The van der Waals surface area contributed by atoms with E-state index in [1.54, 1.807) is 24.3 Å². The van der Waals surface area contributed by atoms with E-state index in [9.17, 15) is 4.79 Å². The van der Waals surface area contributed by atoms with E-state index < -0.39 is 0 Å². The maximum Gasteiger partial charge on any atom is 0.245 e. The number of ether oxygens (including phenoxy) is 1. The minimum atomic E-state index is -0.263. The summed E-state index contributed by atoms with van der Waals surface area (Å²) < 4.78 is 9.10. The van der Waals surface area contributed by atoms with Crippen LogP contribution in [-0.4, -0.2) is 43.8 Å². The van der Waals surface area contributed by atoms with Gasteiger partial charge in [-0.15, -0.1) is 0 Å². The van der Waals surface area contributed by atoms with Crippen LogP contribution in [0.2, 0.25) is 0 Å². The zero-order chi connectivity index (χ0) is 16.6. The third kappa shape index (κ3) is 2.60. The number of rotatable bonds is 4. The molecule has 2 aromatic rings.